The highest BCUT2D eigenvalue weighted by atomic mass is 16.3. The van der Waals surface area contributed by atoms with Gasteiger partial charge in [0.25, 0.3) is 0 Å². The highest BCUT2D eigenvalue weighted by molar-refractivity contribution is 5.11. The van der Waals surface area contributed by atoms with Gasteiger partial charge in [0.15, 0.2) is 0 Å². The molecule has 0 saturated heterocycles. The van der Waals surface area contributed by atoms with Gasteiger partial charge in [-0.1, -0.05) is 6.92 Å². The molecular formula is C15H23N3O. The molecule has 19 heavy (non-hydrogen) atoms. The summed E-state index contributed by atoms with van der Waals surface area (Å²) in [5.74, 6) is 2.04. The summed E-state index contributed by atoms with van der Waals surface area (Å²) in [6, 6.07) is 6.77. The van der Waals surface area contributed by atoms with Crippen molar-refractivity contribution >= 4 is 0 Å². The van der Waals surface area contributed by atoms with Crippen LogP contribution in [-0.2, 0) is 12.8 Å². The molecule has 2 aromatic rings. The Labute approximate surface area is 114 Å². The number of aryl methyl sites for hydroxylation is 2. The van der Waals surface area contributed by atoms with Gasteiger partial charge >= 0.3 is 0 Å². The van der Waals surface area contributed by atoms with E-state index in [9.17, 15) is 0 Å². The van der Waals surface area contributed by atoms with Crippen LogP contribution in [0.1, 0.15) is 49.7 Å². The maximum atomic E-state index is 5.77. The molecule has 2 heterocycles. The molecule has 2 N–H and O–H groups in total. The van der Waals surface area contributed by atoms with Gasteiger partial charge in [0.05, 0.1) is 11.7 Å². The van der Waals surface area contributed by atoms with Crippen molar-refractivity contribution in [2.24, 2.45) is 0 Å². The number of aromatic amines is 1. The van der Waals surface area contributed by atoms with Gasteiger partial charge in [-0.3, -0.25) is 5.10 Å². The van der Waals surface area contributed by atoms with Crippen molar-refractivity contribution < 1.29 is 4.42 Å². The Morgan fingerprint density at radius 3 is 2.74 bits per heavy atom. The first-order valence-electron chi connectivity index (χ1n) is 6.94. The molecule has 2 atom stereocenters. The van der Waals surface area contributed by atoms with E-state index >= 15 is 0 Å². The van der Waals surface area contributed by atoms with E-state index in [0.29, 0.717) is 6.04 Å². The highest BCUT2D eigenvalue weighted by Crippen LogP contribution is 2.17. The van der Waals surface area contributed by atoms with Gasteiger partial charge < -0.3 is 9.73 Å². The van der Waals surface area contributed by atoms with E-state index in [0.717, 1.165) is 35.7 Å². The zero-order valence-corrected chi connectivity index (χ0v) is 12.2. The SMILES string of the molecule is CCc1ccc([C@H](C)N[C@@H](C)Cc2cc(C)[nH]n2)o1. The predicted octanol–water partition coefficient (Wildman–Crippen LogP) is 3.16. The van der Waals surface area contributed by atoms with Crippen LogP contribution in [0.4, 0.5) is 0 Å². The molecule has 0 aliphatic heterocycles. The van der Waals surface area contributed by atoms with E-state index in [1.165, 1.54) is 0 Å². The molecule has 0 aliphatic rings. The number of rotatable bonds is 6. The third-order valence-corrected chi connectivity index (χ3v) is 3.27. The van der Waals surface area contributed by atoms with Gasteiger partial charge in [-0.2, -0.15) is 5.10 Å². The molecule has 0 radical (unpaired) electrons. The third kappa shape index (κ3) is 3.70. The lowest BCUT2D eigenvalue weighted by Gasteiger charge is -2.17. The summed E-state index contributed by atoms with van der Waals surface area (Å²) in [4.78, 5) is 0. The molecule has 2 aromatic heterocycles. The average Bonchev–Trinajstić information content (AvgIpc) is 2.98. The second kappa shape index (κ2) is 6.06. The molecule has 2 rings (SSSR count). The summed E-state index contributed by atoms with van der Waals surface area (Å²) >= 11 is 0. The van der Waals surface area contributed by atoms with Gasteiger partial charge in [0, 0.05) is 24.6 Å². The molecule has 0 fully saturated rings. The summed E-state index contributed by atoms with van der Waals surface area (Å²) in [6.45, 7) is 8.42. The Bertz CT molecular complexity index is 515. The van der Waals surface area contributed by atoms with E-state index in [4.69, 9.17) is 4.42 Å². The van der Waals surface area contributed by atoms with Crippen LogP contribution in [0.2, 0.25) is 0 Å². The lowest BCUT2D eigenvalue weighted by Crippen LogP contribution is -2.30. The Balaban J connectivity index is 1.89. The summed E-state index contributed by atoms with van der Waals surface area (Å²) in [7, 11) is 0. The van der Waals surface area contributed by atoms with E-state index in [-0.39, 0.29) is 6.04 Å². The molecule has 0 unspecified atom stereocenters. The van der Waals surface area contributed by atoms with Crippen LogP contribution in [0, 0.1) is 6.92 Å². The van der Waals surface area contributed by atoms with Gasteiger partial charge in [-0.05, 0) is 39.0 Å². The minimum absolute atomic E-state index is 0.218. The smallest absolute Gasteiger partial charge is 0.120 e. The molecule has 0 aromatic carbocycles. The van der Waals surface area contributed by atoms with Crippen LogP contribution in [0.3, 0.4) is 0 Å². The maximum Gasteiger partial charge on any atom is 0.120 e. The summed E-state index contributed by atoms with van der Waals surface area (Å²) < 4.78 is 5.77. The number of H-pyrrole nitrogens is 1. The van der Waals surface area contributed by atoms with E-state index < -0.39 is 0 Å². The lowest BCUT2D eigenvalue weighted by molar-refractivity contribution is 0.381. The van der Waals surface area contributed by atoms with Crippen molar-refractivity contribution in [2.45, 2.75) is 52.6 Å². The number of hydrogen-bond acceptors (Lipinski definition) is 3. The summed E-state index contributed by atoms with van der Waals surface area (Å²) in [5.41, 5.74) is 2.20. The second-order valence-electron chi connectivity index (χ2n) is 5.19. The van der Waals surface area contributed by atoms with Crippen LogP contribution in [-0.4, -0.2) is 16.2 Å². The normalized spacial score (nSPS) is 14.5. The summed E-state index contributed by atoms with van der Waals surface area (Å²) in [6.07, 6.45) is 1.85. The zero-order valence-electron chi connectivity index (χ0n) is 12.2. The Morgan fingerprint density at radius 1 is 1.37 bits per heavy atom. The van der Waals surface area contributed by atoms with E-state index in [1.807, 2.05) is 6.92 Å². The fourth-order valence-corrected chi connectivity index (χ4v) is 2.28. The minimum atomic E-state index is 0.218. The number of hydrogen-bond donors (Lipinski definition) is 2. The topological polar surface area (TPSA) is 53.9 Å². The number of furan rings is 1. The lowest BCUT2D eigenvalue weighted by atomic mass is 10.1. The Morgan fingerprint density at radius 2 is 2.16 bits per heavy atom. The highest BCUT2D eigenvalue weighted by Gasteiger charge is 2.14. The molecule has 0 saturated carbocycles. The molecule has 4 nitrogen and oxygen atoms in total. The Hall–Kier alpha value is -1.55. The maximum absolute atomic E-state index is 5.77. The second-order valence-corrected chi connectivity index (χ2v) is 5.19. The van der Waals surface area contributed by atoms with Gasteiger partial charge in [-0.15, -0.1) is 0 Å². The minimum Gasteiger partial charge on any atom is -0.464 e. The van der Waals surface area contributed by atoms with Crippen LogP contribution in [0.25, 0.3) is 0 Å². The molecular weight excluding hydrogens is 238 g/mol. The quantitative estimate of drug-likeness (QED) is 0.840. The first kappa shape index (κ1) is 13.9. The van der Waals surface area contributed by atoms with Crippen molar-refractivity contribution in [1.82, 2.24) is 15.5 Å². The molecule has 104 valence electrons. The van der Waals surface area contributed by atoms with Gasteiger partial charge in [0.2, 0.25) is 0 Å². The van der Waals surface area contributed by atoms with Crippen LogP contribution >= 0.6 is 0 Å². The van der Waals surface area contributed by atoms with Crippen LogP contribution in [0.5, 0.6) is 0 Å². The van der Waals surface area contributed by atoms with Crippen molar-refractivity contribution in [3.05, 3.63) is 41.1 Å². The molecule has 0 spiro atoms. The van der Waals surface area contributed by atoms with Gasteiger partial charge in [0.1, 0.15) is 11.5 Å². The fraction of sp³-hybridized carbons (Fsp3) is 0.533. The molecule has 0 aliphatic carbocycles. The first-order chi connectivity index (χ1) is 9.08. The van der Waals surface area contributed by atoms with Crippen molar-refractivity contribution in [2.75, 3.05) is 0 Å². The van der Waals surface area contributed by atoms with Crippen molar-refractivity contribution in [3.63, 3.8) is 0 Å². The number of nitrogens with one attached hydrogen (secondary N) is 2. The predicted molar refractivity (Wildman–Crippen MR) is 76.1 cm³/mol. The third-order valence-electron chi connectivity index (χ3n) is 3.27. The average molecular weight is 261 g/mol. The standard InChI is InChI=1S/C15H23N3O/c1-5-14-6-7-15(19-14)12(4)16-10(2)8-13-9-11(3)17-18-13/h6-7,9-10,12,16H,5,8H2,1-4H3,(H,17,18)/t10-,12-/m0/s1. The van der Waals surface area contributed by atoms with Crippen molar-refractivity contribution in [1.29, 1.82) is 0 Å². The zero-order chi connectivity index (χ0) is 13.8. The van der Waals surface area contributed by atoms with Crippen LogP contribution in [0.15, 0.2) is 22.6 Å². The molecule has 0 bridgehead atoms. The molecule has 4 heteroatoms. The van der Waals surface area contributed by atoms with Crippen LogP contribution < -0.4 is 5.32 Å². The Kier molecular flexibility index (Phi) is 4.43. The fourth-order valence-electron chi connectivity index (χ4n) is 2.28. The van der Waals surface area contributed by atoms with Crippen molar-refractivity contribution in [3.8, 4) is 0 Å². The summed E-state index contributed by atoms with van der Waals surface area (Å²) in [5, 5.41) is 10.8. The first-order valence-corrected chi connectivity index (χ1v) is 6.94. The number of nitrogens with zero attached hydrogens (tertiary/aromatic N) is 1. The van der Waals surface area contributed by atoms with E-state index in [2.05, 4.69) is 54.5 Å². The molecule has 0 amide bonds. The van der Waals surface area contributed by atoms with Gasteiger partial charge in [-0.25, -0.2) is 0 Å². The monoisotopic (exact) mass is 261 g/mol. The van der Waals surface area contributed by atoms with E-state index in [1.54, 1.807) is 0 Å². The largest absolute Gasteiger partial charge is 0.464 e. The number of aromatic nitrogens is 2.